The number of alkyl halides is 3. The second kappa shape index (κ2) is 5.32. The molecular weight excluding hydrogens is 273 g/mol. The van der Waals surface area contributed by atoms with Crippen molar-refractivity contribution in [2.24, 2.45) is 0 Å². The number of hydrogen-bond donors (Lipinski definition) is 0. The summed E-state index contributed by atoms with van der Waals surface area (Å²) in [6, 6.07) is 3.05. The summed E-state index contributed by atoms with van der Waals surface area (Å²) in [6.45, 7) is 1.06. The standard InChI is InChI=1S/C13H15F3N2O2/c1-17(2)6-3-7-18-10-8-9(13(14,15)16)4-5-11(10)20-12(18)19/h4-5,8H,3,6-7H2,1-2H3. The molecule has 0 aliphatic heterocycles. The molecule has 0 aliphatic rings. The third-order valence-electron chi connectivity index (χ3n) is 2.98. The van der Waals surface area contributed by atoms with Crippen molar-refractivity contribution in [1.82, 2.24) is 9.47 Å². The molecule has 2 aromatic rings. The van der Waals surface area contributed by atoms with Gasteiger partial charge in [0.15, 0.2) is 5.58 Å². The number of rotatable bonds is 4. The van der Waals surface area contributed by atoms with Gasteiger partial charge in [-0.05, 0) is 45.3 Å². The van der Waals surface area contributed by atoms with E-state index in [1.54, 1.807) is 0 Å². The van der Waals surface area contributed by atoms with Gasteiger partial charge in [-0.3, -0.25) is 4.57 Å². The Labute approximate surface area is 113 Å². The lowest BCUT2D eigenvalue weighted by Crippen LogP contribution is -2.19. The van der Waals surface area contributed by atoms with Crippen LogP contribution in [0.15, 0.2) is 27.4 Å². The highest BCUT2D eigenvalue weighted by molar-refractivity contribution is 5.74. The smallest absolute Gasteiger partial charge is 0.408 e. The summed E-state index contributed by atoms with van der Waals surface area (Å²) in [5.74, 6) is -0.627. The van der Waals surface area contributed by atoms with Gasteiger partial charge < -0.3 is 9.32 Å². The van der Waals surface area contributed by atoms with Gasteiger partial charge in [-0.1, -0.05) is 0 Å². The molecule has 0 spiro atoms. The van der Waals surface area contributed by atoms with Crippen LogP contribution in [0.4, 0.5) is 13.2 Å². The van der Waals surface area contributed by atoms with Gasteiger partial charge in [0.1, 0.15) is 0 Å². The van der Waals surface area contributed by atoms with Crippen molar-refractivity contribution >= 4 is 11.1 Å². The molecule has 0 bridgehead atoms. The first-order chi connectivity index (χ1) is 9.29. The van der Waals surface area contributed by atoms with Crippen molar-refractivity contribution in [1.29, 1.82) is 0 Å². The molecule has 0 aliphatic carbocycles. The Morgan fingerprint density at radius 2 is 2.00 bits per heavy atom. The van der Waals surface area contributed by atoms with Crippen LogP contribution in [0.2, 0.25) is 0 Å². The molecule has 1 heterocycles. The first kappa shape index (κ1) is 14.6. The SMILES string of the molecule is CN(C)CCCn1c(=O)oc2ccc(C(F)(F)F)cc21. The minimum atomic E-state index is -4.43. The lowest BCUT2D eigenvalue weighted by atomic mass is 10.2. The number of aryl methyl sites for hydroxylation is 1. The topological polar surface area (TPSA) is 38.4 Å². The van der Waals surface area contributed by atoms with Crippen LogP contribution in [0.3, 0.4) is 0 Å². The van der Waals surface area contributed by atoms with Crippen LogP contribution < -0.4 is 5.76 Å². The van der Waals surface area contributed by atoms with E-state index in [1.807, 2.05) is 19.0 Å². The summed E-state index contributed by atoms with van der Waals surface area (Å²) in [5.41, 5.74) is -0.427. The largest absolute Gasteiger partial charge is 0.419 e. The predicted molar refractivity (Wildman–Crippen MR) is 68.6 cm³/mol. The zero-order valence-electron chi connectivity index (χ0n) is 11.2. The molecule has 110 valence electrons. The van der Waals surface area contributed by atoms with Gasteiger partial charge in [0.05, 0.1) is 11.1 Å². The molecule has 0 fully saturated rings. The number of nitrogens with zero attached hydrogens (tertiary/aromatic N) is 2. The molecule has 4 nitrogen and oxygen atoms in total. The van der Waals surface area contributed by atoms with Crippen molar-refractivity contribution in [3.63, 3.8) is 0 Å². The molecule has 0 saturated heterocycles. The molecule has 0 unspecified atom stereocenters. The minimum Gasteiger partial charge on any atom is -0.408 e. The van der Waals surface area contributed by atoms with E-state index in [2.05, 4.69) is 0 Å². The molecule has 0 radical (unpaired) electrons. The fraction of sp³-hybridized carbons (Fsp3) is 0.462. The average Bonchev–Trinajstić information content (AvgIpc) is 2.63. The summed E-state index contributed by atoms with van der Waals surface area (Å²) in [4.78, 5) is 13.6. The van der Waals surface area contributed by atoms with E-state index in [1.165, 1.54) is 10.6 Å². The third kappa shape index (κ3) is 3.04. The second-order valence-electron chi connectivity index (χ2n) is 4.86. The fourth-order valence-corrected chi connectivity index (χ4v) is 2.00. The van der Waals surface area contributed by atoms with Crippen molar-refractivity contribution in [2.75, 3.05) is 20.6 Å². The molecular formula is C13H15F3N2O2. The fourth-order valence-electron chi connectivity index (χ4n) is 2.00. The van der Waals surface area contributed by atoms with E-state index in [9.17, 15) is 18.0 Å². The van der Waals surface area contributed by atoms with Gasteiger partial charge in [-0.25, -0.2) is 4.79 Å². The molecule has 1 aromatic heterocycles. The maximum atomic E-state index is 12.7. The Morgan fingerprint density at radius 3 is 2.60 bits per heavy atom. The molecule has 0 atom stereocenters. The summed E-state index contributed by atoms with van der Waals surface area (Å²) in [5, 5.41) is 0. The van der Waals surface area contributed by atoms with Gasteiger partial charge in [0, 0.05) is 6.54 Å². The van der Waals surface area contributed by atoms with E-state index < -0.39 is 17.5 Å². The summed E-state index contributed by atoms with van der Waals surface area (Å²) in [6.07, 6.45) is -3.78. The maximum Gasteiger partial charge on any atom is 0.419 e. The van der Waals surface area contributed by atoms with E-state index >= 15 is 0 Å². The predicted octanol–water partition coefficient (Wildman–Crippen LogP) is 2.57. The highest BCUT2D eigenvalue weighted by atomic mass is 19.4. The van der Waals surface area contributed by atoms with Crippen molar-refractivity contribution in [3.8, 4) is 0 Å². The lowest BCUT2D eigenvalue weighted by molar-refractivity contribution is -0.137. The quantitative estimate of drug-likeness (QED) is 0.868. The molecule has 20 heavy (non-hydrogen) atoms. The van der Waals surface area contributed by atoms with E-state index in [4.69, 9.17) is 4.42 Å². The lowest BCUT2D eigenvalue weighted by Gasteiger charge is -2.10. The highest BCUT2D eigenvalue weighted by Crippen LogP contribution is 2.31. The van der Waals surface area contributed by atoms with Crippen molar-refractivity contribution < 1.29 is 17.6 Å². The second-order valence-corrected chi connectivity index (χ2v) is 4.86. The monoisotopic (exact) mass is 288 g/mol. The molecule has 0 saturated carbocycles. The van der Waals surface area contributed by atoms with Gasteiger partial charge >= 0.3 is 11.9 Å². The van der Waals surface area contributed by atoms with Gasteiger partial charge in [0.25, 0.3) is 0 Å². The number of hydrogen-bond acceptors (Lipinski definition) is 3. The molecule has 0 N–H and O–H groups in total. The Bertz CT molecular complexity index is 656. The van der Waals surface area contributed by atoms with E-state index in [0.29, 0.717) is 13.0 Å². The van der Waals surface area contributed by atoms with Gasteiger partial charge in [-0.15, -0.1) is 0 Å². The van der Waals surface area contributed by atoms with Crippen LogP contribution in [0.5, 0.6) is 0 Å². The minimum absolute atomic E-state index is 0.174. The maximum absolute atomic E-state index is 12.7. The first-order valence-electron chi connectivity index (χ1n) is 6.14. The van der Waals surface area contributed by atoms with Crippen molar-refractivity contribution in [2.45, 2.75) is 19.1 Å². The Hall–Kier alpha value is -1.76. The van der Waals surface area contributed by atoms with Gasteiger partial charge in [0.2, 0.25) is 0 Å². The van der Waals surface area contributed by atoms with E-state index in [-0.39, 0.29) is 11.1 Å². The summed E-state index contributed by atoms with van der Waals surface area (Å²) in [7, 11) is 3.77. The highest BCUT2D eigenvalue weighted by Gasteiger charge is 2.31. The third-order valence-corrected chi connectivity index (χ3v) is 2.98. The normalized spacial score (nSPS) is 12.5. The van der Waals surface area contributed by atoms with Crippen LogP contribution in [0.25, 0.3) is 11.1 Å². The number of oxazole rings is 1. The molecule has 0 amide bonds. The van der Waals surface area contributed by atoms with Gasteiger partial charge in [-0.2, -0.15) is 13.2 Å². The first-order valence-corrected chi connectivity index (χ1v) is 6.14. The van der Waals surface area contributed by atoms with Crippen molar-refractivity contribution in [3.05, 3.63) is 34.3 Å². The Kier molecular flexibility index (Phi) is 3.89. The zero-order chi connectivity index (χ0) is 14.9. The average molecular weight is 288 g/mol. The number of aromatic nitrogens is 1. The van der Waals surface area contributed by atoms with Crippen LogP contribution >= 0.6 is 0 Å². The van der Waals surface area contributed by atoms with Crippen LogP contribution in [0.1, 0.15) is 12.0 Å². The molecule has 2 rings (SSSR count). The van der Waals surface area contributed by atoms with Crippen LogP contribution in [-0.4, -0.2) is 30.1 Å². The molecule has 1 aromatic carbocycles. The number of halogens is 3. The van der Waals surface area contributed by atoms with E-state index in [0.717, 1.165) is 18.7 Å². The van der Waals surface area contributed by atoms with Crippen LogP contribution in [-0.2, 0) is 12.7 Å². The summed E-state index contributed by atoms with van der Waals surface area (Å²) >= 11 is 0. The Balaban J connectivity index is 2.37. The van der Waals surface area contributed by atoms with Crippen LogP contribution in [0, 0.1) is 0 Å². The Morgan fingerprint density at radius 1 is 1.30 bits per heavy atom. The zero-order valence-corrected chi connectivity index (χ0v) is 11.2. The number of fused-ring (bicyclic) bond motifs is 1. The number of benzene rings is 1. The molecule has 7 heteroatoms. The summed E-state index contributed by atoms with van der Waals surface area (Å²) < 4.78 is 44.3.